The number of terminal acetylenes is 1. The normalized spacial score (nSPS) is 11.8. The second-order valence-electron chi connectivity index (χ2n) is 2.47. The van der Waals surface area contributed by atoms with Crippen LogP contribution < -0.4 is 5.32 Å². The van der Waals surface area contributed by atoms with Crippen molar-refractivity contribution in [3.8, 4) is 12.3 Å². The smallest absolute Gasteiger partial charge is 0.262 e. The molecule has 0 aliphatic rings. The van der Waals surface area contributed by atoms with E-state index < -0.39 is 0 Å². The molecule has 0 bridgehead atoms. The van der Waals surface area contributed by atoms with Gasteiger partial charge >= 0.3 is 0 Å². The van der Waals surface area contributed by atoms with E-state index in [4.69, 9.17) is 6.42 Å². The molecule has 13 heavy (non-hydrogen) atoms. The minimum Gasteiger partial charge on any atom is -0.338 e. The number of rotatable bonds is 2. The van der Waals surface area contributed by atoms with Crippen LogP contribution in [0.2, 0.25) is 0 Å². The lowest BCUT2D eigenvalue weighted by atomic mass is 10.3. The van der Waals surface area contributed by atoms with E-state index in [0.717, 1.165) is 3.79 Å². The molecule has 0 fully saturated rings. The van der Waals surface area contributed by atoms with E-state index in [1.165, 1.54) is 11.3 Å². The molecule has 1 amide bonds. The maximum Gasteiger partial charge on any atom is 0.262 e. The highest BCUT2D eigenvalue weighted by molar-refractivity contribution is 9.11. The zero-order valence-electron chi connectivity index (χ0n) is 7.00. The van der Waals surface area contributed by atoms with Crippen LogP contribution in [-0.4, -0.2) is 11.9 Å². The number of thiophene rings is 1. The molecule has 1 aromatic heterocycles. The van der Waals surface area contributed by atoms with Gasteiger partial charge in [0.05, 0.1) is 14.7 Å². The molecular formula is C9H8BrNOS. The lowest BCUT2D eigenvalue weighted by Gasteiger charge is -2.04. The predicted molar refractivity (Wildman–Crippen MR) is 57.8 cm³/mol. The number of hydrogen-bond acceptors (Lipinski definition) is 2. The number of carbonyl (C=O) groups is 1. The largest absolute Gasteiger partial charge is 0.338 e. The zero-order chi connectivity index (χ0) is 9.84. The van der Waals surface area contributed by atoms with Gasteiger partial charge in [0.15, 0.2) is 0 Å². The van der Waals surface area contributed by atoms with Gasteiger partial charge < -0.3 is 5.32 Å². The quantitative estimate of drug-likeness (QED) is 0.810. The molecule has 0 aliphatic heterocycles. The summed E-state index contributed by atoms with van der Waals surface area (Å²) < 4.78 is 0.936. The van der Waals surface area contributed by atoms with Gasteiger partial charge in [0, 0.05) is 0 Å². The molecule has 68 valence electrons. The molecule has 1 N–H and O–H groups in total. The second kappa shape index (κ2) is 4.45. The van der Waals surface area contributed by atoms with Crippen LogP contribution in [0.3, 0.4) is 0 Å². The summed E-state index contributed by atoms with van der Waals surface area (Å²) in [5.41, 5.74) is 0. The van der Waals surface area contributed by atoms with Crippen molar-refractivity contribution in [2.75, 3.05) is 0 Å². The Morgan fingerprint density at radius 2 is 2.46 bits per heavy atom. The van der Waals surface area contributed by atoms with Gasteiger partial charge in [-0.3, -0.25) is 4.79 Å². The van der Waals surface area contributed by atoms with Crippen LogP contribution in [0.25, 0.3) is 0 Å². The maximum atomic E-state index is 11.4. The molecule has 1 aromatic rings. The van der Waals surface area contributed by atoms with Gasteiger partial charge in [0.25, 0.3) is 5.91 Å². The van der Waals surface area contributed by atoms with Crippen LogP contribution >= 0.6 is 27.3 Å². The van der Waals surface area contributed by atoms with E-state index in [2.05, 4.69) is 27.2 Å². The number of nitrogens with one attached hydrogen (secondary N) is 1. The first kappa shape index (κ1) is 10.3. The number of halogens is 1. The fourth-order valence-electron chi connectivity index (χ4n) is 0.746. The van der Waals surface area contributed by atoms with Crippen LogP contribution in [0.15, 0.2) is 15.9 Å². The van der Waals surface area contributed by atoms with Crippen LogP contribution in [0.5, 0.6) is 0 Å². The molecule has 1 rings (SSSR count). The van der Waals surface area contributed by atoms with Crippen molar-refractivity contribution < 1.29 is 4.79 Å². The summed E-state index contributed by atoms with van der Waals surface area (Å²) in [7, 11) is 0. The van der Waals surface area contributed by atoms with Crippen molar-refractivity contribution in [3.63, 3.8) is 0 Å². The summed E-state index contributed by atoms with van der Waals surface area (Å²) in [6.07, 6.45) is 5.13. The monoisotopic (exact) mass is 257 g/mol. The van der Waals surface area contributed by atoms with Crippen LogP contribution in [0.1, 0.15) is 16.6 Å². The summed E-state index contributed by atoms with van der Waals surface area (Å²) in [4.78, 5) is 12.1. The topological polar surface area (TPSA) is 29.1 Å². The molecule has 1 heterocycles. The number of amides is 1. The summed E-state index contributed by atoms with van der Waals surface area (Å²) in [6, 6.07) is 3.36. The molecule has 2 nitrogen and oxygen atoms in total. The van der Waals surface area contributed by atoms with Gasteiger partial charge in [0.2, 0.25) is 0 Å². The first-order valence-electron chi connectivity index (χ1n) is 3.66. The van der Waals surface area contributed by atoms with Crippen molar-refractivity contribution >= 4 is 33.2 Å². The minimum atomic E-state index is -0.228. The SMILES string of the molecule is C#CC(C)NC(=O)c1ccc(Br)s1. The second-order valence-corrected chi connectivity index (χ2v) is 4.93. The maximum absolute atomic E-state index is 11.4. The summed E-state index contributed by atoms with van der Waals surface area (Å²) in [6.45, 7) is 1.76. The van der Waals surface area contributed by atoms with Crippen LogP contribution in [0, 0.1) is 12.3 Å². The highest BCUT2D eigenvalue weighted by Crippen LogP contribution is 2.21. The Hall–Kier alpha value is -0.790. The van der Waals surface area contributed by atoms with Crippen molar-refractivity contribution in [1.29, 1.82) is 0 Å². The molecule has 1 unspecified atom stereocenters. The molecule has 1 atom stereocenters. The highest BCUT2D eigenvalue weighted by atomic mass is 79.9. The fraction of sp³-hybridized carbons (Fsp3) is 0.222. The Kier molecular flexibility index (Phi) is 3.52. The van der Waals surface area contributed by atoms with Crippen molar-refractivity contribution in [2.24, 2.45) is 0 Å². The predicted octanol–water partition coefficient (Wildman–Crippen LogP) is 2.26. The average molecular weight is 258 g/mol. The average Bonchev–Trinajstić information content (AvgIpc) is 2.51. The van der Waals surface area contributed by atoms with Gasteiger partial charge in [0.1, 0.15) is 0 Å². The Balaban J connectivity index is 2.65. The molecule has 0 saturated carbocycles. The molecule has 0 aliphatic carbocycles. The Labute approximate surface area is 89.5 Å². The summed E-state index contributed by atoms with van der Waals surface area (Å²) >= 11 is 4.67. The third-order valence-corrected chi connectivity index (χ3v) is 3.02. The molecule has 4 heteroatoms. The zero-order valence-corrected chi connectivity index (χ0v) is 9.41. The van der Waals surface area contributed by atoms with E-state index in [0.29, 0.717) is 4.88 Å². The van der Waals surface area contributed by atoms with Gasteiger partial charge in [-0.25, -0.2) is 0 Å². The van der Waals surface area contributed by atoms with Gasteiger partial charge in [-0.05, 0) is 35.0 Å². The lowest BCUT2D eigenvalue weighted by molar-refractivity contribution is 0.0952. The first-order chi connectivity index (χ1) is 6.13. The van der Waals surface area contributed by atoms with E-state index in [-0.39, 0.29) is 11.9 Å². The van der Waals surface area contributed by atoms with E-state index >= 15 is 0 Å². The summed E-state index contributed by atoms with van der Waals surface area (Å²) in [5.74, 6) is 2.31. The Bertz CT molecular complexity index is 353. The van der Waals surface area contributed by atoms with E-state index in [1.54, 1.807) is 13.0 Å². The third kappa shape index (κ3) is 2.87. The lowest BCUT2D eigenvalue weighted by Crippen LogP contribution is -2.30. The van der Waals surface area contributed by atoms with Crippen molar-refractivity contribution in [1.82, 2.24) is 5.32 Å². The van der Waals surface area contributed by atoms with Gasteiger partial charge in [-0.2, -0.15) is 0 Å². The minimum absolute atomic E-state index is 0.124. The molecular weight excluding hydrogens is 250 g/mol. The summed E-state index contributed by atoms with van der Waals surface area (Å²) in [5, 5.41) is 2.67. The third-order valence-electron chi connectivity index (χ3n) is 1.39. The van der Waals surface area contributed by atoms with E-state index in [1.807, 2.05) is 6.07 Å². The molecule has 0 saturated heterocycles. The Morgan fingerprint density at radius 1 is 1.77 bits per heavy atom. The standard InChI is InChI=1S/C9H8BrNOS/c1-3-6(2)11-9(12)7-4-5-8(10)13-7/h1,4-6H,2H3,(H,11,12). The van der Waals surface area contributed by atoms with Crippen LogP contribution in [-0.2, 0) is 0 Å². The highest BCUT2D eigenvalue weighted by Gasteiger charge is 2.09. The fourth-order valence-corrected chi connectivity index (χ4v) is 2.03. The number of carbonyl (C=O) groups excluding carboxylic acids is 1. The first-order valence-corrected chi connectivity index (χ1v) is 5.26. The van der Waals surface area contributed by atoms with E-state index in [9.17, 15) is 4.79 Å². The van der Waals surface area contributed by atoms with Crippen molar-refractivity contribution in [2.45, 2.75) is 13.0 Å². The van der Waals surface area contributed by atoms with Crippen LogP contribution in [0.4, 0.5) is 0 Å². The molecule has 0 spiro atoms. The van der Waals surface area contributed by atoms with Crippen molar-refractivity contribution in [3.05, 3.63) is 20.8 Å². The van der Waals surface area contributed by atoms with Gasteiger partial charge in [-0.1, -0.05) is 5.92 Å². The molecule has 0 aromatic carbocycles. The van der Waals surface area contributed by atoms with Gasteiger partial charge in [-0.15, -0.1) is 17.8 Å². The molecule has 0 radical (unpaired) electrons. The number of hydrogen-bond donors (Lipinski definition) is 1. The Morgan fingerprint density at radius 3 is 2.92 bits per heavy atom.